The van der Waals surface area contributed by atoms with Gasteiger partial charge in [0.2, 0.25) is 0 Å². The van der Waals surface area contributed by atoms with Gasteiger partial charge in [0.25, 0.3) is 5.91 Å². The highest BCUT2D eigenvalue weighted by molar-refractivity contribution is 6.33. The van der Waals surface area contributed by atoms with Crippen LogP contribution in [0, 0.1) is 13.8 Å². The lowest BCUT2D eigenvalue weighted by Gasteiger charge is -2.12. The van der Waals surface area contributed by atoms with Crippen molar-refractivity contribution in [2.75, 3.05) is 0 Å². The lowest BCUT2D eigenvalue weighted by Crippen LogP contribution is -2.31. The third kappa shape index (κ3) is 3.65. The molecule has 3 rings (SSSR count). The van der Waals surface area contributed by atoms with Crippen molar-refractivity contribution in [3.63, 3.8) is 0 Å². The number of rotatable bonds is 4. The van der Waals surface area contributed by atoms with Crippen molar-refractivity contribution in [2.24, 2.45) is 0 Å². The minimum absolute atomic E-state index is 0.0354. The van der Waals surface area contributed by atoms with E-state index in [9.17, 15) is 4.79 Å². The van der Waals surface area contributed by atoms with Gasteiger partial charge in [-0.25, -0.2) is 4.68 Å². The van der Waals surface area contributed by atoms with Gasteiger partial charge in [0.05, 0.1) is 16.4 Å². The summed E-state index contributed by atoms with van der Waals surface area (Å²) in [5.41, 5.74) is 5.00. The van der Waals surface area contributed by atoms with E-state index in [1.54, 1.807) is 10.7 Å². The standard InChI is InChI=1S/C21H22ClN3O/c1-13(2)23-21(26)20-12-18(16-7-5-6-8-17(16)22)24-25(20)19-11-14(3)9-10-15(19)4/h5-13H,1-4H3,(H,23,26). The Balaban J connectivity index is 2.20. The van der Waals surface area contributed by atoms with Crippen molar-refractivity contribution >= 4 is 17.5 Å². The third-order valence-electron chi connectivity index (χ3n) is 4.10. The van der Waals surface area contributed by atoms with Crippen molar-refractivity contribution in [1.82, 2.24) is 15.1 Å². The molecule has 0 saturated heterocycles. The lowest BCUT2D eigenvalue weighted by molar-refractivity contribution is 0.0935. The molecule has 1 heterocycles. The van der Waals surface area contributed by atoms with Gasteiger partial charge < -0.3 is 5.32 Å². The molecule has 0 saturated carbocycles. The Morgan fingerprint density at radius 3 is 2.54 bits per heavy atom. The van der Waals surface area contributed by atoms with Gasteiger partial charge in [0, 0.05) is 11.6 Å². The highest BCUT2D eigenvalue weighted by atomic mass is 35.5. The van der Waals surface area contributed by atoms with Crippen molar-refractivity contribution in [2.45, 2.75) is 33.7 Å². The summed E-state index contributed by atoms with van der Waals surface area (Å²) in [6.07, 6.45) is 0. The molecule has 3 aromatic rings. The number of hydrogen-bond donors (Lipinski definition) is 1. The first-order valence-corrected chi connectivity index (χ1v) is 8.98. The Bertz CT molecular complexity index is 960. The molecule has 0 spiro atoms. The largest absolute Gasteiger partial charge is 0.349 e. The molecule has 134 valence electrons. The number of benzene rings is 2. The molecule has 4 nitrogen and oxygen atoms in total. The molecule has 2 aromatic carbocycles. The zero-order valence-corrected chi connectivity index (χ0v) is 16.1. The van der Waals surface area contributed by atoms with Gasteiger partial charge in [0.15, 0.2) is 0 Å². The maximum absolute atomic E-state index is 12.8. The predicted octanol–water partition coefficient (Wildman–Crippen LogP) is 4.95. The van der Waals surface area contributed by atoms with Crippen LogP contribution in [-0.2, 0) is 0 Å². The molecule has 1 aromatic heterocycles. The Morgan fingerprint density at radius 2 is 1.85 bits per heavy atom. The van der Waals surface area contributed by atoms with Crippen LogP contribution in [0.15, 0.2) is 48.5 Å². The van der Waals surface area contributed by atoms with Gasteiger partial charge in [-0.3, -0.25) is 4.79 Å². The SMILES string of the molecule is Cc1ccc(C)c(-n2nc(-c3ccccc3Cl)cc2C(=O)NC(C)C)c1. The average Bonchev–Trinajstić information content (AvgIpc) is 3.02. The van der Waals surface area contributed by atoms with E-state index in [-0.39, 0.29) is 11.9 Å². The van der Waals surface area contributed by atoms with Gasteiger partial charge in [0.1, 0.15) is 5.69 Å². The van der Waals surface area contributed by atoms with Crippen molar-refractivity contribution in [1.29, 1.82) is 0 Å². The molecule has 5 heteroatoms. The zero-order valence-electron chi connectivity index (χ0n) is 15.4. The fourth-order valence-corrected chi connectivity index (χ4v) is 3.04. The predicted molar refractivity (Wildman–Crippen MR) is 106 cm³/mol. The van der Waals surface area contributed by atoms with E-state index in [0.29, 0.717) is 16.4 Å². The Morgan fingerprint density at radius 1 is 1.12 bits per heavy atom. The molecule has 0 bridgehead atoms. The van der Waals surface area contributed by atoms with Crippen LogP contribution in [-0.4, -0.2) is 21.7 Å². The summed E-state index contributed by atoms with van der Waals surface area (Å²) in [5.74, 6) is -0.160. The minimum Gasteiger partial charge on any atom is -0.349 e. The molecule has 0 aliphatic rings. The maximum Gasteiger partial charge on any atom is 0.270 e. The lowest BCUT2D eigenvalue weighted by atomic mass is 10.1. The van der Waals surface area contributed by atoms with Gasteiger partial charge in [-0.1, -0.05) is 41.9 Å². The Labute approximate surface area is 158 Å². The van der Waals surface area contributed by atoms with E-state index in [1.807, 2.05) is 70.2 Å². The van der Waals surface area contributed by atoms with Crippen molar-refractivity contribution in [3.05, 3.63) is 70.4 Å². The quantitative estimate of drug-likeness (QED) is 0.709. The number of carbonyl (C=O) groups is 1. The smallest absolute Gasteiger partial charge is 0.270 e. The zero-order chi connectivity index (χ0) is 18.8. The summed E-state index contributed by atoms with van der Waals surface area (Å²) in [6, 6.07) is 15.5. The molecule has 0 unspecified atom stereocenters. The number of nitrogens with zero attached hydrogens (tertiary/aromatic N) is 2. The first-order valence-electron chi connectivity index (χ1n) is 8.60. The van der Waals surface area contributed by atoms with Crippen molar-refractivity contribution < 1.29 is 4.79 Å². The summed E-state index contributed by atoms with van der Waals surface area (Å²) in [4.78, 5) is 12.8. The fraction of sp³-hybridized carbons (Fsp3) is 0.238. The number of nitrogens with one attached hydrogen (secondary N) is 1. The first kappa shape index (κ1) is 18.2. The summed E-state index contributed by atoms with van der Waals surface area (Å²) < 4.78 is 1.71. The van der Waals surface area contributed by atoms with Crippen molar-refractivity contribution in [3.8, 4) is 16.9 Å². The van der Waals surface area contributed by atoms with Crippen LogP contribution in [0.5, 0.6) is 0 Å². The van der Waals surface area contributed by atoms with Gasteiger partial charge in [-0.15, -0.1) is 0 Å². The summed E-state index contributed by atoms with van der Waals surface area (Å²) in [5, 5.41) is 8.27. The van der Waals surface area contributed by atoms with Gasteiger partial charge in [-0.2, -0.15) is 5.10 Å². The molecule has 0 aliphatic carbocycles. The van der Waals surface area contributed by atoms with Crippen LogP contribution in [0.1, 0.15) is 35.5 Å². The van der Waals surface area contributed by atoms with Crippen LogP contribution in [0.3, 0.4) is 0 Å². The van der Waals surface area contributed by atoms with Crippen LogP contribution in [0.2, 0.25) is 5.02 Å². The van der Waals surface area contributed by atoms with E-state index in [2.05, 4.69) is 5.32 Å². The van der Waals surface area contributed by atoms with Crippen LogP contribution >= 0.6 is 11.6 Å². The monoisotopic (exact) mass is 367 g/mol. The highest BCUT2D eigenvalue weighted by Gasteiger charge is 2.20. The van der Waals surface area contributed by atoms with Crippen LogP contribution < -0.4 is 5.32 Å². The van der Waals surface area contributed by atoms with Gasteiger partial charge in [-0.05, 0) is 57.0 Å². The number of carbonyl (C=O) groups excluding carboxylic acids is 1. The fourth-order valence-electron chi connectivity index (χ4n) is 2.81. The number of aryl methyl sites for hydroxylation is 2. The second-order valence-electron chi connectivity index (χ2n) is 6.72. The number of amides is 1. The third-order valence-corrected chi connectivity index (χ3v) is 4.43. The van der Waals surface area contributed by atoms with E-state index >= 15 is 0 Å². The normalized spacial score (nSPS) is 11.0. The number of hydrogen-bond acceptors (Lipinski definition) is 2. The van der Waals surface area contributed by atoms with Gasteiger partial charge >= 0.3 is 0 Å². The number of halogens is 1. The first-order chi connectivity index (χ1) is 12.4. The molecule has 0 aliphatic heterocycles. The maximum atomic E-state index is 12.8. The Hall–Kier alpha value is -2.59. The second-order valence-corrected chi connectivity index (χ2v) is 7.13. The average molecular weight is 368 g/mol. The highest BCUT2D eigenvalue weighted by Crippen LogP contribution is 2.29. The van der Waals surface area contributed by atoms with E-state index in [0.717, 1.165) is 22.4 Å². The van der Waals surface area contributed by atoms with Crippen LogP contribution in [0.25, 0.3) is 16.9 Å². The molecule has 0 atom stereocenters. The summed E-state index contributed by atoms with van der Waals surface area (Å²) >= 11 is 6.34. The Kier molecular flexibility index (Phi) is 5.14. The summed E-state index contributed by atoms with van der Waals surface area (Å²) in [6.45, 7) is 7.90. The van der Waals surface area contributed by atoms with Crippen LogP contribution in [0.4, 0.5) is 0 Å². The molecule has 0 fully saturated rings. The van der Waals surface area contributed by atoms with E-state index in [1.165, 1.54) is 0 Å². The number of aromatic nitrogens is 2. The molecule has 0 radical (unpaired) electrons. The molecular formula is C21H22ClN3O. The topological polar surface area (TPSA) is 46.9 Å². The minimum atomic E-state index is -0.160. The molecule has 1 N–H and O–H groups in total. The van der Waals surface area contributed by atoms with E-state index < -0.39 is 0 Å². The molecular weight excluding hydrogens is 346 g/mol. The van der Waals surface area contributed by atoms with E-state index in [4.69, 9.17) is 16.7 Å². The molecule has 1 amide bonds. The molecule has 26 heavy (non-hydrogen) atoms. The summed E-state index contributed by atoms with van der Waals surface area (Å²) in [7, 11) is 0. The second kappa shape index (κ2) is 7.34.